The van der Waals surface area contributed by atoms with Gasteiger partial charge in [-0.25, -0.2) is 22.0 Å². The number of alkyl halides is 1. The molecular weight excluding hydrogens is 280 g/mol. The van der Waals surface area contributed by atoms with Gasteiger partial charge in [-0.3, -0.25) is 0 Å². The molecule has 1 unspecified atom stereocenters. The molecule has 0 spiro atoms. The zero-order chi connectivity index (χ0) is 14.2. The number of benzene rings is 1. The van der Waals surface area contributed by atoms with Crippen LogP contribution in [0.4, 0.5) is 13.6 Å². The van der Waals surface area contributed by atoms with Gasteiger partial charge in [0.05, 0.1) is 4.90 Å². The van der Waals surface area contributed by atoms with Gasteiger partial charge in [-0.15, -0.1) is 0 Å². The van der Waals surface area contributed by atoms with Crippen LogP contribution in [0.5, 0.6) is 0 Å². The van der Waals surface area contributed by atoms with Gasteiger partial charge in [-0.1, -0.05) is 0 Å². The highest BCUT2D eigenvalue weighted by atomic mass is 32.2. The monoisotopic (exact) mass is 291 g/mol. The van der Waals surface area contributed by atoms with E-state index in [1.807, 2.05) is 0 Å². The van der Waals surface area contributed by atoms with Crippen molar-refractivity contribution in [1.29, 1.82) is 0 Å². The third-order valence-electron chi connectivity index (χ3n) is 2.99. The Hall–Kier alpha value is -1.70. The quantitative estimate of drug-likeness (QED) is 0.856. The van der Waals surface area contributed by atoms with E-state index in [9.17, 15) is 22.0 Å². The predicted octanol–water partition coefficient (Wildman–Crippen LogP) is 1.50. The summed E-state index contributed by atoms with van der Waals surface area (Å²) >= 11 is 0. The lowest BCUT2D eigenvalue weighted by Gasteiger charge is -2.38. The van der Waals surface area contributed by atoms with E-state index in [4.69, 9.17) is 5.11 Å². The molecule has 8 heteroatoms. The molecule has 19 heavy (non-hydrogen) atoms. The van der Waals surface area contributed by atoms with Crippen LogP contribution in [-0.2, 0) is 9.84 Å². The molecule has 1 aliphatic rings. The molecule has 1 atom stereocenters. The lowest BCUT2D eigenvalue weighted by Crippen LogP contribution is -2.54. The molecule has 0 aliphatic carbocycles. The lowest BCUT2D eigenvalue weighted by atomic mass is 10.0. The number of amides is 1. The summed E-state index contributed by atoms with van der Waals surface area (Å²) in [5, 5.41) is 8.60. The van der Waals surface area contributed by atoms with Crippen molar-refractivity contribution in [1.82, 2.24) is 4.90 Å². The highest BCUT2D eigenvalue weighted by Gasteiger charge is 2.43. The topological polar surface area (TPSA) is 74.7 Å². The second-order valence-electron chi connectivity index (χ2n) is 4.30. The summed E-state index contributed by atoms with van der Waals surface area (Å²) in [5.41, 5.74) is -2.19. The first-order valence-corrected chi connectivity index (χ1v) is 6.98. The van der Waals surface area contributed by atoms with Crippen LogP contribution in [-0.4, -0.2) is 43.1 Å². The molecule has 5 nitrogen and oxygen atoms in total. The molecule has 0 saturated carbocycles. The van der Waals surface area contributed by atoms with E-state index >= 15 is 0 Å². The molecule has 104 valence electrons. The van der Waals surface area contributed by atoms with Crippen molar-refractivity contribution >= 4 is 15.9 Å². The number of sulfone groups is 1. The maximum absolute atomic E-state index is 13.9. The van der Waals surface area contributed by atoms with Gasteiger partial charge in [0.25, 0.3) is 0 Å². The molecule has 1 amide bonds. The molecule has 1 aromatic rings. The minimum atomic E-state index is -4.22. The molecular formula is C11H11F2NO4S. The van der Waals surface area contributed by atoms with Crippen LogP contribution in [0.25, 0.3) is 0 Å². The number of hydrogen-bond donors (Lipinski definition) is 1. The molecule has 0 radical (unpaired) electrons. The smallest absolute Gasteiger partial charge is 0.407 e. The van der Waals surface area contributed by atoms with Crippen molar-refractivity contribution < 1.29 is 27.1 Å². The molecule has 1 heterocycles. The van der Waals surface area contributed by atoms with Gasteiger partial charge in [-0.05, 0) is 24.3 Å². The summed E-state index contributed by atoms with van der Waals surface area (Å²) in [6.45, 7) is -0.312. The van der Waals surface area contributed by atoms with Crippen LogP contribution in [0.15, 0.2) is 29.2 Å². The second-order valence-corrected chi connectivity index (χ2v) is 6.31. The number of carboxylic acid groups (broad SMARTS) is 1. The summed E-state index contributed by atoms with van der Waals surface area (Å²) in [5.74, 6) is -1.50. The fraction of sp³-hybridized carbons (Fsp3) is 0.364. The van der Waals surface area contributed by atoms with Gasteiger partial charge in [0.1, 0.15) is 5.82 Å². The summed E-state index contributed by atoms with van der Waals surface area (Å²) in [7, 11) is -4.22. The predicted molar refractivity (Wildman–Crippen MR) is 61.6 cm³/mol. The van der Waals surface area contributed by atoms with E-state index in [0.29, 0.717) is 0 Å². The molecule has 0 aromatic heterocycles. The normalized spacial score (nSPS) is 17.9. The van der Waals surface area contributed by atoms with Gasteiger partial charge >= 0.3 is 6.09 Å². The summed E-state index contributed by atoms with van der Waals surface area (Å²) < 4.78 is 50.4. The van der Waals surface area contributed by atoms with Gasteiger partial charge in [0, 0.05) is 19.0 Å². The maximum atomic E-state index is 13.9. The van der Waals surface area contributed by atoms with Crippen LogP contribution in [0.3, 0.4) is 0 Å². The molecule has 1 N–H and O–H groups in total. The minimum Gasteiger partial charge on any atom is -0.465 e. The number of halogens is 2. The van der Waals surface area contributed by atoms with E-state index < -0.39 is 33.2 Å². The molecule has 0 bridgehead atoms. The van der Waals surface area contributed by atoms with E-state index in [1.54, 1.807) is 0 Å². The number of carbonyl (C=O) groups is 1. The number of rotatable bonds is 3. The second kappa shape index (κ2) is 4.76. The standard InChI is InChI=1S/C11H11F2NO4S/c12-8-1-3-9(4-2-8)19(17,18)10(13)7-5-14(6-7)11(15)16/h1-4,7,10H,5-6H2,(H,15,16). The highest BCUT2D eigenvalue weighted by molar-refractivity contribution is 7.92. The van der Waals surface area contributed by atoms with Crippen LogP contribution >= 0.6 is 0 Å². The SMILES string of the molecule is O=C(O)N1CC(C(F)S(=O)(=O)c2ccc(F)cc2)C1. The minimum absolute atomic E-state index is 0.156. The van der Waals surface area contributed by atoms with Crippen LogP contribution in [0.1, 0.15) is 0 Å². The Bertz CT molecular complexity index is 581. The van der Waals surface area contributed by atoms with Gasteiger partial charge in [-0.2, -0.15) is 0 Å². The van der Waals surface area contributed by atoms with Crippen molar-refractivity contribution in [3.63, 3.8) is 0 Å². The van der Waals surface area contributed by atoms with E-state index in [0.717, 1.165) is 29.2 Å². The Balaban J connectivity index is 2.12. The summed E-state index contributed by atoms with van der Waals surface area (Å²) in [6, 6.07) is 3.85. The lowest BCUT2D eigenvalue weighted by molar-refractivity contribution is 0.0614. The van der Waals surface area contributed by atoms with Crippen LogP contribution < -0.4 is 0 Å². The number of hydrogen-bond acceptors (Lipinski definition) is 3. The van der Waals surface area contributed by atoms with Crippen LogP contribution in [0.2, 0.25) is 0 Å². The third-order valence-corrected chi connectivity index (χ3v) is 4.90. The van der Waals surface area contributed by atoms with Gasteiger partial charge in [0.15, 0.2) is 0 Å². The fourth-order valence-corrected chi connectivity index (χ4v) is 3.30. The Morgan fingerprint density at radius 2 is 1.84 bits per heavy atom. The molecule has 1 saturated heterocycles. The van der Waals surface area contributed by atoms with Crippen molar-refractivity contribution in [2.45, 2.75) is 10.4 Å². The van der Waals surface area contributed by atoms with Crippen molar-refractivity contribution in [3.05, 3.63) is 30.1 Å². The Morgan fingerprint density at radius 1 is 1.32 bits per heavy atom. The average Bonchev–Trinajstić information content (AvgIpc) is 2.26. The van der Waals surface area contributed by atoms with Gasteiger partial charge < -0.3 is 10.0 Å². The Morgan fingerprint density at radius 3 is 2.32 bits per heavy atom. The largest absolute Gasteiger partial charge is 0.465 e. The summed E-state index contributed by atoms with van der Waals surface area (Å²) in [4.78, 5) is 11.1. The van der Waals surface area contributed by atoms with E-state index in [1.165, 1.54) is 0 Å². The fourth-order valence-electron chi connectivity index (χ4n) is 1.84. The Kier molecular flexibility index (Phi) is 3.44. The maximum Gasteiger partial charge on any atom is 0.407 e. The van der Waals surface area contributed by atoms with Crippen molar-refractivity contribution in [3.8, 4) is 0 Å². The third kappa shape index (κ3) is 2.53. The first-order chi connectivity index (χ1) is 8.82. The molecule has 1 aliphatic heterocycles. The first kappa shape index (κ1) is 13.7. The van der Waals surface area contributed by atoms with Crippen molar-refractivity contribution in [2.75, 3.05) is 13.1 Å². The van der Waals surface area contributed by atoms with Crippen molar-refractivity contribution in [2.24, 2.45) is 5.92 Å². The zero-order valence-electron chi connectivity index (χ0n) is 9.66. The van der Waals surface area contributed by atoms with Crippen LogP contribution in [0, 0.1) is 11.7 Å². The average molecular weight is 291 g/mol. The first-order valence-electron chi connectivity index (χ1n) is 5.44. The van der Waals surface area contributed by atoms with E-state index in [2.05, 4.69) is 0 Å². The Labute approximate surface area is 108 Å². The van der Waals surface area contributed by atoms with Gasteiger partial charge in [0.2, 0.25) is 15.3 Å². The van der Waals surface area contributed by atoms with E-state index in [-0.39, 0.29) is 18.0 Å². The number of nitrogens with zero attached hydrogens (tertiary/aromatic N) is 1. The highest BCUT2D eigenvalue weighted by Crippen LogP contribution is 2.29. The zero-order valence-corrected chi connectivity index (χ0v) is 10.5. The molecule has 2 rings (SSSR count). The number of likely N-dealkylation sites (tertiary alicyclic amines) is 1. The molecule has 1 aromatic carbocycles. The summed E-state index contributed by atoms with van der Waals surface area (Å²) in [6.07, 6.45) is -1.21. The molecule has 1 fully saturated rings.